The van der Waals surface area contributed by atoms with Crippen LogP contribution >= 0.6 is 0 Å². The molecule has 7 heteroatoms. The molecular weight excluding hydrogens is 240 g/mol. The summed E-state index contributed by atoms with van der Waals surface area (Å²) in [4.78, 5) is 4.14. The van der Waals surface area contributed by atoms with E-state index in [1.807, 2.05) is 6.07 Å². The van der Waals surface area contributed by atoms with Gasteiger partial charge in [0.1, 0.15) is 0 Å². The van der Waals surface area contributed by atoms with Gasteiger partial charge in [0.05, 0.1) is 35.3 Å². The maximum absolute atomic E-state index is 11.4. The number of nitrogen functional groups attached to an aromatic ring is 1. The second kappa shape index (κ2) is 3.43. The first-order valence-electron chi connectivity index (χ1n) is 5.35. The smallest absolute Gasteiger partial charge is 0.155 e. The van der Waals surface area contributed by atoms with E-state index in [1.54, 1.807) is 16.9 Å². The zero-order valence-electron chi connectivity index (χ0n) is 9.07. The van der Waals surface area contributed by atoms with Gasteiger partial charge >= 0.3 is 0 Å². The van der Waals surface area contributed by atoms with Gasteiger partial charge in [-0.1, -0.05) is 0 Å². The summed E-state index contributed by atoms with van der Waals surface area (Å²) in [5.41, 5.74) is 7.62. The Morgan fingerprint density at radius 1 is 1.47 bits per heavy atom. The van der Waals surface area contributed by atoms with Gasteiger partial charge in [-0.2, -0.15) is 5.10 Å². The predicted octanol–water partition coefficient (Wildman–Crippen LogP) is 0.214. The molecular formula is C10H12N4O2S. The summed E-state index contributed by atoms with van der Waals surface area (Å²) in [5.74, 6) is 0.427. The van der Waals surface area contributed by atoms with Gasteiger partial charge in [0, 0.05) is 12.0 Å². The number of nitrogens with zero attached hydrogens (tertiary/aromatic N) is 3. The predicted molar refractivity (Wildman–Crippen MR) is 63.4 cm³/mol. The van der Waals surface area contributed by atoms with Crippen LogP contribution in [0.1, 0.15) is 18.0 Å². The number of hydrogen-bond acceptors (Lipinski definition) is 5. The molecule has 1 aliphatic heterocycles. The highest BCUT2D eigenvalue weighted by Crippen LogP contribution is 2.28. The molecule has 0 spiro atoms. The molecule has 0 amide bonds. The highest BCUT2D eigenvalue weighted by Gasteiger charge is 2.30. The van der Waals surface area contributed by atoms with Crippen molar-refractivity contribution in [1.29, 1.82) is 0 Å². The van der Waals surface area contributed by atoms with E-state index in [9.17, 15) is 8.42 Å². The number of fused-ring (bicyclic) bond motifs is 1. The normalized spacial score (nSPS) is 23.2. The van der Waals surface area contributed by atoms with Crippen molar-refractivity contribution in [2.75, 3.05) is 17.2 Å². The highest BCUT2D eigenvalue weighted by atomic mass is 32.2. The average Bonchev–Trinajstić information content (AvgIpc) is 2.80. The summed E-state index contributed by atoms with van der Waals surface area (Å²) >= 11 is 0. The van der Waals surface area contributed by atoms with Crippen molar-refractivity contribution in [2.45, 2.75) is 12.3 Å². The Balaban J connectivity index is 2.02. The van der Waals surface area contributed by atoms with Crippen LogP contribution in [0.3, 0.4) is 0 Å². The molecule has 6 nitrogen and oxygen atoms in total. The second-order valence-corrected chi connectivity index (χ2v) is 6.59. The second-order valence-electron chi connectivity index (χ2n) is 4.36. The van der Waals surface area contributed by atoms with Crippen LogP contribution in [-0.4, -0.2) is 34.5 Å². The Labute approximate surface area is 98.4 Å². The fraction of sp³-hybridized carbons (Fsp3) is 0.400. The number of nitrogens with two attached hydrogens (primary N) is 1. The molecule has 0 bridgehead atoms. The Morgan fingerprint density at radius 3 is 3.00 bits per heavy atom. The van der Waals surface area contributed by atoms with Crippen molar-refractivity contribution in [3.05, 3.63) is 24.2 Å². The van der Waals surface area contributed by atoms with Crippen LogP contribution in [0.4, 0.5) is 5.69 Å². The first-order chi connectivity index (χ1) is 8.03. The topological polar surface area (TPSA) is 90.3 Å². The van der Waals surface area contributed by atoms with Gasteiger partial charge in [-0.15, -0.1) is 0 Å². The molecule has 0 radical (unpaired) electrons. The lowest BCUT2D eigenvalue weighted by Gasteiger charge is -2.00. The van der Waals surface area contributed by atoms with E-state index in [1.165, 1.54) is 0 Å². The van der Waals surface area contributed by atoms with Gasteiger partial charge in [0.15, 0.2) is 15.5 Å². The monoisotopic (exact) mass is 252 g/mol. The molecule has 1 saturated heterocycles. The summed E-state index contributed by atoms with van der Waals surface area (Å²) in [6.07, 6.45) is 3.88. The Bertz CT molecular complexity index is 677. The van der Waals surface area contributed by atoms with Gasteiger partial charge in [-0.25, -0.2) is 17.9 Å². The van der Waals surface area contributed by atoms with E-state index in [0.717, 1.165) is 5.69 Å². The lowest BCUT2D eigenvalue weighted by atomic mass is 10.1. The minimum absolute atomic E-state index is 0.0112. The van der Waals surface area contributed by atoms with E-state index in [2.05, 4.69) is 10.1 Å². The summed E-state index contributed by atoms with van der Waals surface area (Å²) in [6.45, 7) is 0. The SMILES string of the molecule is Nc1cnc2cc(C3CCS(=O)(=O)C3)nn2c1. The van der Waals surface area contributed by atoms with Gasteiger partial charge < -0.3 is 5.73 Å². The standard InChI is InChI=1S/C10H12N4O2S/c11-8-4-12-10-3-9(13-14(10)5-8)7-1-2-17(15,16)6-7/h3-5,7H,1-2,6,11H2. The van der Waals surface area contributed by atoms with Gasteiger partial charge in [0.2, 0.25) is 0 Å². The molecule has 0 aliphatic carbocycles. The van der Waals surface area contributed by atoms with Crippen LogP contribution in [0.25, 0.3) is 5.65 Å². The lowest BCUT2D eigenvalue weighted by molar-refractivity contribution is 0.601. The number of hydrogen-bond donors (Lipinski definition) is 1. The molecule has 1 unspecified atom stereocenters. The Morgan fingerprint density at radius 2 is 2.29 bits per heavy atom. The van der Waals surface area contributed by atoms with Crippen LogP contribution in [0.2, 0.25) is 0 Å². The van der Waals surface area contributed by atoms with Gasteiger partial charge in [-0.05, 0) is 6.42 Å². The molecule has 2 aromatic heterocycles. The van der Waals surface area contributed by atoms with Crippen LogP contribution in [-0.2, 0) is 9.84 Å². The molecule has 90 valence electrons. The zero-order chi connectivity index (χ0) is 12.0. The largest absolute Gasteiger partial charge is 0.396 e. The summed E-state index contributed by atoms with van der Waals surface area (Å²) in [5, 5.41) is 4.33. The van der Waals surface area contributed by atoms with Gasteiger partial charge in [-0.3, -0.25) is 0 Å². The molecule has 0 aromatic carbocycles. The van der Waals surface area contributed by atoms with Crippen molar-refractivity contribution in [2.24, 2.45) is 0 Å². The molecule has 3 heterocycles. The lowest BCUT2D eigenvalue weighted by Crippen LogP contribution is -2.04. The summed E-state index contributed by atoms with van der Waals surface area (Å²) in [6, 6.07) is 1.82. The molecule has 1 atom stereocenters. The van der Waals surface area contributed by atoms with E-state index < -0.39 is 9.84 Å². The van der Waals surface area contributed by atoms with Crippen molar-refractivity contribution in [1.82, 2.24) is 14.6 Å². The number of aromatic nitrogens is 3. The molecule has 0 saturated carbocycles. The first kappa shape index (κ1) is 10.5. The third-order valence-electron chi connectivity index (χ3n) is 3.00. The van der Waals surface area contributed by atoms with Gasteiger partial charge in [0.25, 0.3) is 0 Å². The molecule has 2 N–H and O–H groups in total. The van der Waals surface area contributed by atoms with Crippen LogP contribution in [0, 0.1) is 0 Å². The van der Waals surface area contributed by atoms with E-state index in [4.69, 9.17) is 5.73 Å². The van der Waals surface area contributed by atoms with Crippen LogP contribution in [0.15, 0.2) is 18.5 Å². The van der Waals surface area contributed by atoms with Crippen molar-refractivity contribution in [3.8, 4) is 0 Å². The fourth-order valence-electron chi connectivity index (χ4n) is 2.14. The van der Waals surface area contributed by atoms with Crippen LogP contribution < -0.4 is 5.73 Å². The maximum atomic E-state index is 11.4. The first-order valence-corrected chi connectivity index (χ1v) is 7.17. The van der Waals surface area contributed by atoms with Crippen LogP contribution in [0.5, 0.6) is 0 Å². The Kier molecular flexibility index (Phi) is 2.12. The summed E-state index contributed by atoms with van der Waals surface area (Å²) in [7, 11) is -2.88. The van der Waals surface area contributed by atoms with Crippen molar-refractivity contribution in [3.63, 3.8) is 0 Å². The Hall–Kier alpha value is -1.63. The van der Waals surface area contributed by atoms with E-state index in [0.29, 0.717) is 17.8 Å². The third kappa shape index (κ3) is 1.86. The number of anilines is 1. The highest BCUT2D eigenvalue weighted by molar-refractivity contribution is 7.91. The summed E-state index contributed by atoms with van der Waals surface area (Å²) < 4.78 is 24.4. The van der Waals surface area contributed by atoms with E-state index >= 15 is 0 Å². The third-order valence-corrected chi connectivity index (χ3v) is 4.77. The fourth-order valence-corrected chi connectivity index (χ4v) is 3.90. The molecule has 3 rings (SSSR count). The average molecular weight is 252 g/mol. The molecule has 1 aliphatic rings. The zero-order valence-corrected chi connectivity index (χ0v) is 9.89. The van der Waals surface area contributed by atoms with Crippen molar-refractivity contribution >= 4 is 21.2 Å². The molecule has 1 fully saturated rings. The van der Waals surface area contributed by atoms with E-state index in [-0.39, 0.29) is 17.4 Å². The minimum Gasteiger partial charge on any atom is -0.396 e. The maximum Gasteiger partial charge on any atom is 0.155 e. The molecule has 2 aromatic rings. The number of sulfone groups is 1. The van der Waals surface area contributed by atoms with Crippen molar-refractivity contribution < 1.29 is 8.42 Å². The minimum atomic E-state index is -2.88. The quantitative estimate of drug-likeness (QED) is 0.783. The molecule has 17 heavy (non-hydrogen) atoms. The number of rotatable bonds is 1.